The molecule has 0 unspecified atom stereocenters. The molecule has 0 atom stereocenters. The van der Waals surface area contributed by atoms with E-state index in [-0.39, 0.29) is 12.5 Å². The van der Waals surface area contributed by atoms with Gasteiger partial charge in [0.25, 0.3) is 0 Å². The molecule has 0 aliphatic carbocycles. The summed E-state index contributed by atoms with van der Waals surface area (Å²) in [4.78, 5) is 15.4. The molecule has 0 fully saturated rings. The number of anilines is 2. The summed E-state index contributed by atoms with van der Waals surface area (Å²) in [6.45, 7) is 0.167. The number of nitrogens with zero attached hydrogens (tertiary/aromatic N) is 2. The van der Waals surface area contributed by atoms with Crippen molar-refractivity contribution in [3.05, 3.63) is 66.0 Å². The summed E-state index contributed by atoms with van der Waals surface area (Å²) in [6.07, 6.45) is 2.06. The summed E-state index contributed by atoms with van der Waals surface area (Å²) in [5, 5.41) is 0. The molecule has 4 nitrogen and oxygen atoms in total. The predicted octanol–water partition coefficient (Wildman–Crippen LogP) is 2.43. The van der Waals surface area contributed by atoms with Gasteiger partial charge >= 0.3 is 0 Å². The first-order valence-electron chi connectivity index (χ1n) is 6.82. The summed E-state index contributed by atoms with van der Waals surface area (Å²) in [7, 11) is 1.99. The summed E-state index contributed by atoms with van der Waals surface area (Å²) >= 11 is 0. The molecule has 2 aromatic rings. The fourth-order valence-corrected chi connectivity index (χ4v) is 2.60. The third kappa shape index (κ3) is 2.48. The van der Waals surface area contributed by atoms with Gasteiger partial charge in [0.2, 0.25) is 5.91 Å². The van der Waals surface area contributed by atoms with Crippen LogP contribution in [0.2, 0.25) is 0 Å². The van der Waals surface area contributed by atoms with Gasteiger partial charge in [-0.05, 0) is 23.8 Å². The number of para-hydroxylation sites is 2. The molecule has 0 spiro atoms. The van der Waals surface area contributed by atoms with Crippen molar-refractivity contribution in [3.63, 3.8) is 0 Å². The van der Waals surface area contributed by atoms with Crippen LogP contribution in [0, 0.1) is 0 Å². The Morgan fingerprint density at radius 2 is 1.67 bits per heavy atom. The van der Waals surface area contributed by atoms with E-state index in [0.29, 0.717) is 0 Å². The van der Waals surface area contributed by atoms with Crippen LogP contribution in [-0.2, 0) is 4.79 Å². The normalized spacial score (nSPS) is 15.4. The van der Waals surface area contributed by atoms with Crippen LogP contribution in [0.1, 0.15) is 5.56 Å². The summed E-state index contributed by atoms with van der Waals surface area (Å²) in [5.74, 6) is 0.597. The van der Waals surface area contributed by atoms with Crippen LogP contribution in [0.5, 0.6) is 0 Å². The molecule has 2 N–H and O–H groups in total. The van der Waals surface area contributed by atoms with Crippen LogP contribution in [0.4, 0.5) is 11.4 Å². The topological polar surface area (TPSA) is 49.6 Å². The maximum absolute atomic E-state index is 11.4. The van der Waals surface area contributed by atoms with Gasteiger partial charge in [0.15, 0.2) is 0 Å². The molecule has 0 bridgehead atoms. The molecule has 1 aliphatic rings. The van der Waals surface area contributed by atoms with Crippen LogP contribution < -0.4 is 15.5 Å². The van der Waals surface area contributed by atoms with Crippen molar-refractivity contribution in [1.29, 1.82) is 0 Å². The quantitative estimate of drug-likeness (QED) is 0.938. The molecule has 0 radical (unpaired) electrons. The van der Waals surface area contributed by atoms with Crippen molar-refractivity contribution in [2.24, 2.45) is 5.73 Å². The average molecular weight is 279 g/mol. The second kappa shape index (κ2) is 5.32. The first-order chi connectivity index (χ1) is 10.2. The van der Waals surface area contributed by atoms with Crippen LogP contribution >= 0.6 is 0 Å². The number of nitrogens with two attached hydrogens (primary N) is 1. The van der Waals surface area contributed by atoms with Gasteiger partial charge in [0.1, 0.15) is 12.4 Å². The Morgan fingerprint density at radius 1 is 1.05 bits per heavy atom. The van der Waals surface area contributed by atoms with Crippen molar-refractivity contribution in [3.8, 4) is 0 Å². The number of benzene rings is 2. The third-order valence-corrected chi connectivity index (χ3v) is 3.56. The van der Waals surface area contributed by atoms with E-state index in [4.69, 9.17) is 5.73 Å². The van der Waals surface area contributed by atoms with E-state index >= 15 is 0 Å². The van der Waals surface area contributed by atoms with E-state index < -0.39 is 0 Å². The monoisotopic (exact) mass is 279 g/mol. The molecular formula is C17H17N3O. The Bertz CT molecular complexity index is 694. The summed E-state index contributed by atoms with van der Waals surface area (Å²) < 4.78 is 0. The first kappa shape index (κ1) is 13.2. The lowest BCUT2D eigenvalue weighted by Crippen LogP contribution is -2.34. The van der Waals surface area contributed by atoms with Crippen LogP contribution in [-0.4, -0.2) is 19.5 Å². The zero-order valence-corrected chi connectivity index (χ0v) is 11.9. The zero-order valence-electron chi connectivity index (χ0n) is 11.9. The van der Waals surface area contributed by atoms with Gasteiger partial charge in [-0.2, -0.15) is 0 Å². The molecule has 0 saturated heterocycles. The fourth-order valence-electron chi connectivity index (χ4n) is 2.60. The highest BCUT2D eigenvalue weighted by Gasteiger charge is 2.29. The maximum atomic E-state index is 11.4. The Balaban J connectivity index is 2.07. The van der Waals surface area contributed by atoms with Gasteiger partial charge in [0, 0.05) is 7.05 Å². The standard InChI is InChI=1S/C17H17N3O/c1-19-14-9-5-6-10-15(14)20(12-16(18)21)17(19)11-13-7-3-2-4-8-13/h2-11H,12H2,1H3,(H2,18,21). The molecule has 1 amide bonds. The van der Waals surface area contributed by atoms with Crippen molar-refractivity contribution in [2.75, 3.05) is 23.4 Å². The van der Waals surface area contributed by atoms with E-state index in [1.807, 2.05) is 66.5 Å². The molecule has 2 aromatic carbocycles. The molecule has 21 heavy (non-hydrogen) atoms. The lowest BCUT2D eigenvalue weighted by Gasteiger charge is -2.21. The van der Waals surface area contributed by atoms with E-state index in [1.165, 1.54) is 0 Å². The number of amides is 1. The van der Waals surface area contributed by atoms with Gasteiger partial charge in [-0.15, -0.1) is 0 Å². The van der Waals surface area contributed by atoms with E-state index in [0.717, 1.165) is 22.8 Å². The van der Waals surface area contributed by atoms with E-state index in [2.05, 4.69) is 11.0 Å². The minimum Gasteiger partial charge on any atom is -0.368 e. The molecule has 0 aromatic heterocycles. The summed E-state index contributed by atoms with van der Waals surface area (Å²) in [5.41, 5.74) is 8.56. The molecule has 1 aliphatic heterocycles. The van der Waals surface area contributed by atoms with Gasteiger partial charge < -0.3 is 15.5 Å². The average Bonchev–Trinajstić information content (AvgIpc) is 2.74. The summed E-state index contributed by atoms with van der Waals surface area (Å²) in [6, 6.07) is 18.0. The number of fused-ring (bicyclic) bond motifs is 1. The molecule has 106 valence electrons. The largest absolute Gasteiger partial charge is 0.368 e. The minimum atomic E-state index is -0.348. The van der Waals surface area contributed by atoms with Crippen LogP contribution in [0.3, 0.4) is 0 Å². The van der Waals surface area contributed by atoms with Gasteiger partial charge in [-0.3, -0.25) is 4.79 Å². The third-order valence-electron chi connectivity index (χ3n) is 3.56. The number of carbonyl (C=O) groups is 1. The smallest absolute Gasteiger partial charge is 0.237 e. The molecule has 4 heteroatoms. The SMILES string of the molecule is CN1C(=Cc2ccccc2)N(CC(N)=O)c2ccccc21. The number of hydrogen-bond acceptors (Lipinski definition) is 3. The molecule has 3 rings (SSSR count). The Morgan fingerprint density at radius 3 is 2.33 bits per heavy atom. The lowest BCUT2D eigenvalue weighted by atomic mass is 10.2. The van der Waals surface area contributed by atoms with Gasteiger partial charge in [-0.1, -0.05) is 42.5 Å². The number of hydrogen-bond donors (Lipinski definition) is 1. The van der Waals surface area contributed by atoms with Gasteiger partial charge in [0.05, 0.1) is 11.4 Å². The Labute approximate surface area is 124 Å². The fraction of sp³-hybridized carbons (Fsp3) is 0.118. The maximum Gasteiger partial charge on any atom is 0.237 e. The second-order valence-electron chi connectivity index (χ2n) is 5.01. The van der Waals surface area contributed by atoms with Crippen LogP contribution in [0.15, 0.2) is 60.4 Å². The van der Waals surface area contributed by atoms with Crippen LogP contribution in [0.25, 0.3) is 6.08 Å². The van der Waals surface area contributed by atoms with E-state index in [1.54, 1.807) is 0 Å². The van der Waals surface area contributed by atoms with Crippen molar-refractivity contribution in [1.82, 2.24) is 0 Å². The number of rotatable bonds is 3. The number of primary amides is 1. The Hall–Kier alpha value is -2.75. The Kier molecular flexibility index (Phi) is 3.36. The van der Waals surface area contributed by atoms with Crippen molar-refractivity contribution in [2.45, 2.75) is 0 Å². The van der Waals surface area contributed by atoms with Crippen molar-refractivity contribution >= 4 is 23.4 Å². The highest BCUT2D eigenvalue weighted by atomic mass is 16.1. The van der Waals surface area contributed by atoms with Crippen molar-refractivity contribution < 1.29 is 4.79 Å². The number of carbonyl (C=O) groups excluding carboxylic acids is 1. The van der Waals surface area contributed by atoms with Gasteiger partial charge in [-0.25, -0.2) is 0 Å². The minimum absolute atomic E-state index is 0.167. The molecule has 1 heterocycles. The molecular weight excluding hydrogens is 262 g/mol. The lowest BCUT2D eigenvalue weighted by molar-refractivity contribution is -0.116. The zero-order chi connectivity index (χ0) is 14.8. The molecule has 0 saturated carbocycles. The highest BCUT2D eigenvalue weighted by molar-refractivity contribution is 5.90. The highest BCUT2D eigenvalue weighted by Crippen LogP contribution is 2.40. The first-order valence-corrected chi connectivity index (χ1v) is 6.82. The van der Waals surface area contributed by atoms with E-state index in [9.17, 15) is 4.79 Å². The predicted molar refractivity (Wildman–Crippen MR) is 85.8 cm³/mol. The second-order valence-corrected chi connectivity index (χ2v) is 5.01.